The lowest BCUT2D eigenvalue weighted by Crippen LogP contribution is -2.38. The maximum Gasteiger partial charge on any atom is 0.270 e. The molecular weight excluding hydrogens is 350 g/mol. The highest BCUT2D eigenvalue weighted by molar-refractivity contribution is 7.07. The highest BCUT2D eigenvalue weighted by Crippen LogP contribution is 2.24. The molecule has 4 rings (SSSR count). The lowest BCUT2D eigenvalue weighted by atomic mass is 10.1. The standard InChI is InChI=1S/C17H21N7OS/c1-22-7-13(6-21-22)8-23-9-14(24-15(10-23)3-5-20-24)2-4-18-17(25)16-11-26-12-19-16/h3,5-7,11-12,14H,2,4,8-10H2,1H3,(H,18,25)/t14-/m1/s1. The predicted octanol–water partition coefficient (Wildman–Crippen LogP) is 1.45. The average Bonchev–Trinajstić information content (AvgIpc) is 3.36. The smallest absolute Gasteiger partial charge is 0.270 e. The van der Waals surface area contributed by atoms with Gasteiger partial charge in [-0.1, -0.05) is 0 Å². The van der Waals surface area contributed by atoms with Crippen LogP contribution in [0.15, 0.2) is 35.5 Å². The van der Waals surface area contributed by atoms with Gasteiger partial charge in [0.15, 0.2) is 0 Å². The van der Waals surface area contributed by atoms with Gasteiger partial charge in [-0.05, 0) is 12.5 Å². The van der Waals surface area contributed by atoms with E-state index in [1.165, 1.54) is 22.6 Å². The number of amides is 1. The van der Waals surface area contributed by atoms with Crippen molar-refractivity contribution in [2.75, 3.05) is 13.1 Å². The van der Waals surface area contributed by atoms with Crippen molar-refractivity contribution in [3.05, 3.63) is 52.5 Å². The number of carbonyl (C=O) groups excluding carboxylic acids is 1. The van der Waals surface area contributed by atoms with Gasteiger partial charge in [0, 0.05) is 56.6 Å². The highest BCUT2D eigenvalue weighted by atomic mass is 32.1. The van der Waals surface area contributed by atoms with Crippen molar-refractivity contribution in [3.8, 4) is 0 Å². The van der Waals surface area contributed by atoms with Crippen LogP contribution in [-0.4, -0.2) is 48.4 Å². The Labute approximate surface area is 155 Å². The number of rotatable bonds is 6. The molecule has 26 heavy (non-hydrogen) atoms. The monoisotopic (exact) mass is 371 g/mol. The van der Waals surface area contributed by atoms with E-state index in [4.69, 9.17) is 0 Å². The molecule has 4 heterocycles. The Bertz CT molecular complexity index is 869. The van der Waals surface area contributed by atoms with Crippen LogP contribution in [0.5, 0.6) is 0 Å². The Balaban J connectivity index is 1.37. The number of hydrogen-bond acceptors (Lipinski definition) is 6. The van der Waals surface area contributed by atoms with E-state index in [9.17, 15) is 4.79 Å². The van der Waals surface area contributed by atoms with Crippen LogP contribution in [-0.2, 0) is 20.1 Å². The summed E-state index contributed by atoms with van der Waals surface area (Å²) in [5.41, 5.74) is 4.56. The van der Waals surface area contributed by atoms with Crippen molar-refractivity contribution in [2.24, 2.45) is 7.05 Å². The zero-order valence-corrected chi connectivity index (χ0v) is 15.4. The lowest BCUT2D eigenvalue weighted by molar-refractivity contribution is 0.0942. The van der Waals surface area contributed by atoms with Crippen LogP contribution in [0.2, 0.25) is 0 Å². The summed E-state index contributed by atoms with van der Waals surface area (Å²) in [5.74, 6) is -0.116. The maximum atomic E-state index is 12.0. The van der Waals surface area contributed by atoms with Crippen LogP contribution in [0.25, 0.3) is 0 Å². The SMILES string of the molecule is Cn1cc(CN2Cc3ccnn3[C@H](CCNC(=O)c3cscn3)C2)cn1. The number of aromatic nitrogens is 5. The molecule has 1 N–H and O–H groups in total. The number of carbonyl (C=O) groups is 1. The van der Waals surface area contributed by atoms with Crippen LogP contribution in [0.4, 0.5) is 0 Å². The lowest BCUT2D eigenvalue weighted by Gasteiger charge is -2.33. The van der Waals surface area contributed by atoms with Gasteiger partial charge in [-0.3, -0.25) is 19.1 Å². The van der Waals surface area contributed by atoms with Crippen molar-refractivity contribution in [1.82, 2.24) is 34.8 Å². The van der Waals surface area contributed by atoms with E-state index in [-0.39, 0.29) is 11.9 Å². The van der Waals surface area contributed by atoms with Crippen molar-refractivity contribution in [1.29, 1.82) is 0 Å². The number of thiazole rings is 1. The molecule has 0 saturated carbocycles. The first-order valence-electron chi connectivity index (χ1n) is 8.57. The highest BCUT2D eigenvalue weighted by Gasteiger charge is 2.25. The molecule has 0 bridgehead atoms. The van der Waals surface area contributed by atoms with Gasteiger partial charge in [0.05, 0.1) is 23.4 Å². The van der Waals surface area contributed by atoms with Crippen LogP contribution < -0.4 is 5.32 Å². The molecule has 0 aromatic carbocycles. The van der Waals surface area contributed by atoms with E-state index >= 15 is 0 Å². The third-order valence-electron chi connectivity index (χ3n) is 4.55. The zero-order valence-electron chi connectivity index (χ0n) is 14.6. The van der Waals surface area contributed by atoms with Gasteiger partial charge in [0.2, 0.25) is 0 Å². The Morgan fingerprint density at radius 1 is 1.42 bits per heavy atom. The van der Waals surface area contributed by atoms with Crippen LogP contribution in [0.3, 0.4) is 0 Å². The summed E-state index contributed by atoms with van der Waals surface area (Å²) in [6.07, 6.45) is 6.64. The van der Waals surface area contributed by atoms with Crippen molar-refractivity contribution in [3.63, 3.8) is 0 Å². The molecule has 0 fully saturated rings. The Morgan fingerprint density at radius 3 is 3.12 bits per heavy atom. The van der Waals surface area contributed by atoms with Gasteiger partial charge >= 0.3 is 0 Å². The Kier molecular flexibility index (Phi) is 4.81. The maximum absolute atomic E-state index is 12.0. The second-order valence-corrected chi connectivity index (χ2v) is 7.25. The molecule has 1 aliphatic heterocycles. The van der Waals surface area contributed by atoms with E-state index < -0.39 is 0 Å². The first-order valence-corrected chi connectivity index (χ1v) is 9.52. The quantitative estimate of drug-likeness (QED) is 0.709. The summed E-state index contributed by atoms with van der Waals surface area (Å²) in [6, 6.07) is 2.30. The number of hydrogen-bond donors (Lipinski definition) is 1. The molecule has 0 saturated heterocycles. The normalized spacial score (nSPS) is 17.2. The number of aryl methyl sites for hydroxylation is 1. The zero-order chi connectivity index (χ0) is 17.9. The Hall–Kier alpha value is -2.52. The van der Waals surface area contributed by atoms with E-state index in [0.29, 0.717) is 12.2 Å². The van der Waals surface area contributed by atoms with Crippen LogP contribution in [0.1, 0.15) is 34.2 Å². The minimum absolute atomic E-state index is 0.116. The van der Waals surface area contributed by atoms with Gasteiger partial charge < -0.3 is 5.32 Å². The largest absolute Gasteiger partial charge is 0.351 e. The molecular formula is C17H21N7OS. The van der Waals surface area contributed by atoms with Gasteiger partial charge in [0.1, 0.15) is 5.69 Å². The summed E-state index contributed by atoms with van der Waals surface area (Å²) in [7, 11) is 1.93. The second kappa shape index (κ2) is 7.38. The molecule has 136 valence electrons. The van der Waals surface area contributed by atoms with Crippen LogP contribution in [0, 0.1) is 0 Å². The van der Waals surface area contributed by atoms with Crippen LogP contribution >= 0.6 is 11.3 Å². The van der Waals surface area contributed by atoms with E-state index in [2.05, 4.69) is 42.3 Å². The summed E-state index contributed by atoms with van der Waals surface area (Å²) in [5, 5.41) is 13.4. The molecule has 0 aliphatic carbocycles. The fourth-order valence-corrected chi connectivity index (χ4v) is 3.91. The number of nitrogens with zero attached hydrogens (tertiary/aromatic N) is 6. The molecule has 0 unspecified atom stereocenters. The van der Waals surface area contributed by atoms with Crippen molar-refractivity contribution < 1.29 is 4.79 Å². The fourth-order valence-electron chi connectivity index (χ4n) is 3.38. The molecule has 8 nitrogen and oxygen atoms in total. The van der Waals surface area contributed by atoms with E-state index in [1.54, 1.807) is 10.9 Å². The molecule has 0 spiro atoms. The summed E-state index contributed by atoms with van der Waals surface area (Å²) in [4.78, 5) is 18.5. The van der Waals surface area contributed by atoms with Gasteiger partial charge in [-0.2, -0.15) is 10.2 Å². The molecule has 3 aromatic rings. The molecule has 1 aliphatic rings. The number of nitrogens with one attached hydrogen (secondary N) is 1. The minimum Gasteiger partial charge on any atom is -0.351 e. The Morgan fingerprint density at radius 2 is 2.35 bits per heavy atom. The van der Waals surface area contributed by atoms with Crippen molar-refractivity contribution in [2.45, 2.75) is 25.6 Å². The van der Waals surface area contributed by atoms with E-state index in [1.807, 2.05) is 24.1 Å². The molecule has 1 atom stereocenters. The fraction of sp³-hybridized carbons (Fsp3) is 0.412. The summed E-state index contributed by atoms with van der Waals surface area (Å²) < 4.78 is 3.92. The van der Waals surface area contributed by atoms with E-state index in [0.717, 1.165) is 26.1 Å². The van der Waals surface area contributed by atoms with Gasteiger partial charge in [0.25, 0.3) is 5.91 Å². The first kappa shape index (κ1) is 16.9. The molecule has 1 amide bonds. The predicted molar refractivity (Wildman–Crippen MR) is 97.7 cm³/mol. The number of fused-ring (bicyclic) bond motifs is 1. The molecule has 9 heteroatoms. The molecule has 0 radical (unpaired) electrons. The second-order valence-electron chi connectivity index (χ2n) is 6.53. The van der Waals surface area contributed by atoms with Gasteiger partial charge in [-0.15, -0.1) is 11.3 Å². The topological polar surface area (TPSA) is 80.9 Å². The summed E-state index contributed by atoms with van der Waals surface area (Å²) in [6.45, 7) is 3.23. The first-order chi connectivity index (χ1) is 12.7. The third-order valence-corrected chi connectivity index (χ3v) is 5.13. The third kappa shape index (κ3) is 3.68. The summed E-state index contributed by atoms with van der Waals surface area (Å²) >= 11 is 1.42. The minimum atomic E-state index is -0.116. The van der Waals surface area contributed by atoms with Gasteiger partial charge in [-0.25, -0.2) is 4.98 Å². The van der Waals surface area contributed by atoms with Crippen molar-refractivity contribution >= 4 is 17.2 Å². The molecule has 3 aromatic heterocycles. The average molecular weight is 371 g/mol.